The second-order valence-electron chi connectivity index (χ2n) is 5.24. The van der Waals surface area contributed by atoms with Crippen LogP contribution in [0.1, 0.15) is 5.76 Å². The molecule has 0 fully saturated rings. The van der Waals surface area contributed by atoms with Crippen LogP contribution < -0.4 is 10.1 Å². The van der Waals surface area contributed by atoms with Gasteiger partial charge in [0.15, 0.2) is 0 Å². The summed E-state index contributed by atoms with van der Waals surface area (Å²) < 4.78 is 9.98. The van der Waals surface area contributed by atoms with E-state index in [9.17, 15) is 19.7 Å². The molecule has 2 amide bonds. The number of carbonyl (C=O) groups excluding carboxylic acids is 2. The van der Waals surface area contributed by atoms with Gasteiger partial charge < -0.3 is 19.4 Å². The van der Waals surface area contributed by atoms with E-state index in [4.69, 9.17) is 9.15 Å². The Hall–Kier alpha value is -3.62. The van der Waals surface area contributed by atoms with Crippen LogP contribution >= 0.6 is 0 Å². The van der Waals surface area contributed by atoms with Gasteiger partial charge in [0.2, 0.25) is 11.8 Å². The van der Waals surface area contributed by atoms with Crippen LogP contribution in [0.15, 0.2) is 46.9 Å². The number of ether oxygens (including phenoxy) is 1. The number of hydrogen-bond acceptors (Lipinski definition) is 6. The summed E-state index contributed by atoms with van der Waals surface area (Å²) >= 11 is 0. The number of carbonyl (C=O) groups is 2. The molecule has 0 aliphatic heterocycles. The zero-order valence-corrected chi connectivity index (χ0v) is 14.2. The van der Waals surface area contributed by atoms with Crippen LogP contribution in [0.2, 0.25) is 0 Å². The van der Waals surface area contributed by atoms with Crippen molar-refractivity contribution in [1.29, 1.82) is 0 Å². The number of anilines is 1. The van der Waals surface area contributed by atoms with E-state index in [-0.39, 0.29) is 18.2 Å². The minimum absolute atomic E-state index is 0.166. The second kappa shape index (κ2) is 8.47. The van der Waals surface area contributed by atoms with Gasteiger partial charge in [-0.1, -0.05) is 6.07 Å². The molecule has 9 nitrogen and oxygen atoms in total. The van der Waals surface area contributed by atoms with E-state index in [1.807, 2.05) is 0 Å². The largest absolute Gasteiger partial charge is 0.497 e. The molecule has 1 aromatic carbocycles. The van der Waals surface area contributed by atoms with E-state index >= 15 is 0 Å². The zero-order chi connectivity index (χ0) is 19.1. The smallest absolute Gasteiger partial charge is 0.433 e. The monoisotopic (exact) mass is 359 g/mol. The molecule has 0 bridgehead atoms. The highest BCUT2D eigenvalue weighted by Gasteiger charge is 2.13. The molecule has 136 valence electrons. The summed E-state index contributed by atoms with van der Waals surface area (Å²) in [4.78, 5) is 35.1. The first-order chi connectivity index (χ1) is 12.4. The van der Waals surface area contributed by atoms with Crippen molar-refractivity contribution in [3.05, 3.63) is 58.3 Å². The summed E-state index contributed by atoms with van der Waals surface area (Å²) in [5.41, 5.74) is 0.550. The quantitative estimate of drug-likeness (QED) is 0.461. The third-order valence-corrected chi connectivity index (χ3v) is 3.29. The molecule has 2 rings (SSSR count). The summed E-state index contributed by atoms with van der Waals surface area (Å²) in [5.74, 6) is -0.480. The first-order valence-corrected chi connectivity index (χ1v) is 7.50. The Morgan fingerprint density at radius 1 is 1.35 bits per heavy atom. The van der Waals surface area contributed by atoms with Crippen molar-refractivity contribution < 1.29 is 23.7 Å². The maximum absolute atomic E-state index is 12.0. The lowest BCUT2D eigenvalue weighted by Gasteiger charge is -2.15. The van der Waals surface area contributed by atoms with Crippen molar-refractivity contribution in [1.82, 2.24) is 4.90 Å². The van der Waals surface area contributed by atoms with Crippen LogP contribution in [0.4, 0.5) is 11.6 Å². The molecule has 0 aliphatic carbocycles. The molecular weight excluding hydrogens is 342 g/mol. The van der Waals surface area contributed by atoms with Crippen LogP contribution in [-0.4, -0.2) is 42.3 Å². The molecule has 9 heteroatoms. The minimum atomic E-state index is -0.672. The normalized spacial score (nSPS) is 10.5. The predicted molar refractivity (Wildman–Crippen MR) is 93.7 cm³/mol. The molecule has 0 saturated carbocycles. The van der Waals surface area contributed by atoms with Crippen molar-refractivity contribution in [2.24, 2.45) is 0 Å². The lowest BCUT2D eigenvalue weighted by molar-refractivity contribution is -0.402. The molecule has 0 radical (unpaired) electrons. The number of nitrogens with zero attached hydrogens (tertiary/aromatic N) is 2. The fourth-order valence-corrected chi connectivity index (χ4v) is 2.01. The first kappa shape index (κ1) is 18.7. The number of methoxy groups -OCH3 is 1. The zero-order valence-electron chi connectivity index (χ0n) is 14.2. The molecule has 2 aromatic rings. The Kier molecular flexibility index (Phi) is 6.10. The number of amides is 2. The molecule has 0 saturated heterocycles. The van der Waals surface area contributed by atoms with Gasteiger partial charge in [0, 0.05) is 24.9 Å². The molecule has 0 aliphatic rings. The van der Waals surface area contributed by atoms with Gasteiger partial charge in [0.1, 0.15) is 16.4 Å². The Bertz CT molecular complexity index is 843. The van der Waals surface area contributed by atoms with Crippen LogP contribution in [0.5, 0.6) is 5.75 Å². The fraction of sp³-hybridized carbons (Fsp3) is 0.176. The van der Waals surface area contributed by atoms with Crippen LogP contribution in [0.25, 0.3) is 6.08 Å². The van der Waals surface area contributed by atoms with E-state index in [0.29, 0.717) is 11.4 Å². The Morgan fingerprint density at radius 2 is 2.12 bits per heavy atom. The van der Waals surface area contributed by atoms with Gasteiger partial charge in [-0.15, -0.1) is 0 Å². The lowest BCUT2D eigenvalue weighted by atomic mass is 10.3. The van der Waals surface area contributed by atoms with Crippen LogP contribution in [0.3, 0.4) is 0 Å². The third-order valence-electron chi connectivity index (χ3n) is 3.29. The van der Waals surface area contributed by atoms with E-state index < -0.39 is 16.7 Å². The van der Waals surface area contributed by atoms with Crippen molar-refractivity contribution in [2.45, 2.75) is 0 Å². The van der Waals surface area contributed by atoms with E-state index in [2.05, 4.69) is 5.32 Å². The Morgan fingerprint density at radius 3 is 2.77 bits per heavy atom. The fourth-order valence-electron chi connectivity index (χ4n) is 2.01. The molecule has 0 spiro atoms. The summed E-state index contributed by atoms with van der Waals surface area (Å²) in [7, 11) is 2.98. The summed E-state index contributed by atoms with van der Waals surface area (Å²) in [6.07, 6.45) is 2.47. The van der Waals surface area contributed by atoms with Gasteiger partial charge >= 0.3 is 5.88 Å². The number of benzene rings is 1. The molecule has 0 atom stereocenters. The first-order valence-electron chi connectivity index (χ1n) is 7.50. The van der Waals surface area contributed by atoms with Crippen molar-refractivity contribution >= 4 is 29.5 Å². The SMILES string of the molecule is COc1cccc(NC(=O)CN(C)C(=O)/C=C/c2ccc([N+](=O)[O-])o2)c1. The van der Waals surface area contributed by atoms with Gasteiger partial charge in [-0.2, -0.15) is 0 Å². The molecule has 26 heavy (non-hydrogen) atoms. The third kappa shape index (κ3) is 5.20. The summed E-state index contributed by atoms with van der Waals surface area (Å²) in [6.45, 7) is -0.168. The van der Waals surface area contributed by atoms with Gasteiger partial charge in [-0.05, 0) is 24.3 Å². The maximum Gasteiger partial charge on any atom is 0.433 e. The number of rotatable bonds is 7. The highest BCUT2D eigenvalue weighted by atomic mass is 16.6. The highest BCUT2D eigenvalue weighted by molar-refractivity contribution is 5.97. The van der Waals surface area contributed by atoms with Gasteiger partial charge in [0.25, 0.3) is 0 Å². The standard InChI is InChI=1S/C17H17N3O6/c1-19(11-15(21)18-12-4-3-5-14(10-12)25-2)16(22)8-6-13-7-9-17(26-13)20(23)24/h3-10H,11H2,1-2H3,(H,18,21)/b8-6+. The molecule has 1 aromatic heterocycles. The van der Waals surface area contributed by atoms with Crippen molar-refractivity contribution in [3.8, 4) is 5.75 Å². The van der Waals surface area contributed by atoms with Gasteiger partial charge in [-0.25, -0.2) is 0 Å². The van der Waals surface area contributed by atoms with E-state index in [0.717, 1.165) is 0 Å². The van der Waals surface area contributed by atoms with Crippen molar-refractivity contribution in [2.75, 3.05) is 26.0 Å². The van der Waals surface area contributed by atoms with Gasteiger partial charge in [0.05, 0.1) is 19.7 Å². The Balaban J connectivity index is 1.89. The summed E-state index contributed by atoms with van der Waals surface area (Å²) in [6, 6.07) is 9.39. The van der Waals surface area contributed by atoms with Crippen LogP contribution in [-0.2, 0) is 9.59 Å². The molecule has 1 heterocycles. The lowest BCUT2D eigenvalue weighted by Crippen LogP contribution is -2.33. The average molecular weight is 359 g/mol. The van der Waals surface area contributed by atoms with E-state index in [1.165, 1.54) is 43.3 Å². The number of nitrogens with one attached hydrogen (secondary N) is 1. The number of likely N-dealkylation sites (N-methyl/N-ethyl adjacent to an activating group) is 1. The molecular formula is C17H17N3O6. The molecule has 0 unspecified atom stereocenters. The highest BCUT2D eigenvalue weighted by Crippen LogP contribution is 2.17. The topological polar surface area (TPSA) is 115 Å². The minimum Gasteiger partial charge on any atom is -0.497 e. The molecule has 1 N–H and O–H groups in total. The summed E-state index contributed by atoms with van der Waals surface area (Å²) in [5, 5.41) is 13.2. The number of hydrogen-bond donors (Lipinski definition) is 1. The van der Waals surface area contributed by atoms with Crippen molar-refractivity contribution in [3.63, 3.8) is 0 Å². The predicted octanol–water partition coefficient (Wildman–Crippen LogP) is 2.31. The number of furan rings is 1. The number of nitro groups is 1. The average Bonchev–Trinajstić information content (AvgIpc) is 3.09. The van der Waals surface area contributed by atoms with Crippen LogP contribution in [0, 0.1) is 10.1 Å². The van der Waals surface area contributed by atoms with E-state index in [1.54, 1.807) is 24.3 Å². The van der Waals surface area contributed by atoms with Gasteiger partial charge in [-0.3, -0.25) is 19.7 Å². The second-order valence-corrected chi connectivity index (χ2v) is 5.24. The maximum atomic E-state index is 12.0. The Labute approximate surface area is 149 Å².